The molecule has 0 radical (unpaired) electrons. The number of halogens is 3. The Morgan fingerprint density at radius 2 is 1.74 bits per heavy atom. The van der Waals surface area contributed by atoms with Gasteiger partial charge in [-0.3, -0.25) is 9.59 Å². The Morgan fingerprint density at radius 3 is 2.45 bits per heavy atom. The monoisotopic (exact) mass is 552 g/mol. The molecule has 1 atom stereocenters. The van der Waals surface area contributed by atoms with Crippen LogP contribution < -0.4 is 10.7 Å². The fraction of sp³-hybridized carbons (Fsp3) is 0.207. The van der Waals surface area contributed by atoms with Crippen LogP contribution in [-0.4, -0.2) is 28.6 Å². The number of fused-ring (bicyclic) bond motifs is 1. The molecular weight excluding hydrogens is 526 g/mol. The number of carbonyl (C=O) groups is 2. The van der Waals surface area contributed by atoms with Crippen LogP contribution in [0.5, 0.6) is 0 Å². The van der Waals surface area contributed by atoms with Gasteiger partial charge >= 0.3 is 0 Å². The number of benzene rings is 3. The second kappa shape index (κ2) is 11.8. The molecule has 9 heteroatoms. The summed E-state index contributed by atoms with van der Waals surface area (Å²) in [7, 11) is 0. The van der Waals surface area contributed by atoms with Gasteiger partial charge in [0.2, 0.25) is 0 Å². The summed E-state index contributed by atoms with van der Waals surface area (Å²) in [4.78, 5) is 25.7. The van der Waals surface area contributed by atoms with Crippen LogP contribution in [0.4, 0.5) is 4.39 Å². The van der Waals surface area contributed by atoms with Crippen LogP contribution >= 0.6 is 23.2 Å². The van der Waals surface area contributed by atoms with E-state index in [2.05, 4.69) is 15.8 Å². The standard InChI is InChI=1S/C29H27Cl2FN4O2/c1-17(2)27(34-28(37)19-12-13-23(30)24(31)14-19)29(38)35-33-15-22-18(3)36(26-11-7-5-9-21(22)26)16-20-8-4-6-10-25(20)32/h4-15,17,27H,16H2,1-3H3,(H,34,37)(H,35,38). The highest BCUT2D eigenvalue weighted by Gasteiger charge is 2.25. The van der Waals surface area contributed by atoms with E-state index in [0.29, 0.717) is 22.7 Å². The molecule has 2 N–H and O–H groups in total. The van der Waals surface area contributed by atoms with Crippen LogP contribution in [0.1, 0.15) is 41.0 Å². The van der Waals surface area contributed by atoms with Crippen molar-refractivity contribution < 1.29 is 14.0 Å². The summed E-state index contributed by atoms with van der Waals surface area (Å²) in [6.07, 6.45) is 1.57. The molecule has 0 aliphatic carbocycles. The zero-order valence-electron chi connectivity index (χ0n) is 21.1. The first kappa shape index (κ1) is 27.4. The van der Waals surface area contributed by atoms with Gasteiger partial charge in [-0.25, -0.2) is 9.82 Å². The first-order valence-corrected chi connectivity index (χ1v) is 12.8. The molecule has 0 aliphatic heterocycles. The highest BCUT2D eigenvalue weighted by atomic mass is 35.5. The van der Waals surface area contributed by atoms with Gasteiger partial charge in [0.05, 0.1) is 22.8 Å². The van der Waals surface area contributed by atoms with Crippen molar-refractivity contribution in [2.45, 2.75) is 33.4 Å². The number of nitrogens with zero attached hydrogens (tertiary/aromatic N) is 2. The van der Waals surface area contributed by atoms with E-state index in [1.165, 1.54) is 24.3 Å². The van der Waals surface area contributed by atoms with E-state index in [9.17, 15) is 14.0 Å². The largest absolute Gasteiger partial charge is 0.340 e. The van der Waals surface area contributed by atoms with Crippen molar-refractivity contribution in [3.05, 3.63) is 105 Å². The summed E-state index contributed by atoms with van der Waals surface area (Å²) in [5.74, 6) is -1.39. The van der Waals surface area contributed by atoms with Crippen LogP contribution in [0, 0.1) is 18.7 Å². The molecule has 6 nitrogen and oxygen atoms in total. The van der Waals surface area contributed by atoms with E-state index in [1.54, 1.807) is 18.3 Å². The summed E-state index contributed by atoms with van der Waals surface area (Å²) in [6, 6.07) is 18.1. The van der Waals surface area contributed by atoms with Crippen LogP contribution in [0.15, 0.2) is 71.8 Å². The molecular formula is C29H27Cl2FN4O2. The van der Waals surface area contributed by atoms with Gasteiger partial charge in [0, 0.05) is 33.3 Å². The third-order valence-corrected chi connectivity index (χ3v) is 7.09. The average Bonchev–Trinajstić information content (AvgIpc) is 3.15. The molecule has 1 aromatic heterocycles. The van der Waals surface area contributed by atoms with Crippen LogP contribution in [0.2, 0.25) is 10.0 Å². The fourth-order valence-corrected chi connectivity index (χ4v) is 4.55. The van der Waals surface area contributed by atoms with Gasteiger partial charge in [-0.15, -0.1) is 0 Å². The number of hydrazone groups is 1. The van der Waals surface area contributed by atoms with Crippen molar-refractivity contribution in [2.75, 3.05) is 0 Å². The molecule has 0 spiro atoms. The molecule has 0 saturated carbocycles. The van der Waals surface area contributed by atoms with Crippen LogP contribution in [0.3, 0.4) is 0 Å². The van der Waals surface area contributed by atoms with E-state index in [-0.39, 0.29) is 16.8 Å². The molecule has 3 aromatic carbocycles. The number of hydrogen-bond acceptors (Lipinski definition) is 3. The molecule has 1 heterocycles. The van der Waals surface area contributed by atoms with Crippen molar-refractivity contribution >= 4 is 52.1 Å². The third kappa shape index (κ3) is 5.90. The number of carbonyl (C=O) groups excluding carboxylic acids is 2. The van der Waals surface area contributed by atoms with Gasteiger partial charge in [-0.1, -0.05) is 73.4 Å². The molecule has 1 unspecified atom stereocenters. The van der Waals surface area contributed by atoms with Gasteiger partial charge in [0.15, 0.2) is 0 Å². The molecule has 2 amide bonds. The number of amides is 2. The lowest BCUT2D eigenvalue weighted by atomic mass is 10.0. The molecule has 38 heavy (non-hydrogen) atoms. The quantitative estimate of drug-likeness (QED) is 0.197. The lowest BCUT2D eigenvalue weighted by Gasteiger charge is -2.20. The van der Waals surface area contributed by atoms with Crippen LogP contribution in [-0.2, 0) is 11.3 Å². The van der Waals surface area contributed by atoms with E-state index >= 15 is 0 Å². The number of hydrogen-bond donors (Lipinski definition) is 2. The maximum Gasteiger partial charge on any atom is 0.262 e. The van der Waals surface area contributed by atoms with E-state index in [0.717, 1.165) is 22.2 Å². The third-order valence-electron chi connectivity index (χ3n) is 6.35. The maximum atomic E-state index is 14.4. The van der Waals surface area contributed by atoms with Crippen molar-refractivity contribution in [3.63, 3.8) is 0 Å². The smallest absolute Gasteiger partial charge is 0.262 e. The Bertz CT molecular complexity index is 1530. The van der Waals surface area contributed by atoms with Gasteiger partial charge in [0.1, 0.15) is 11.9 Å². The lowest BCUT2D eigenvalue weighted by Crippen LogP contribution is -2.48. The molecule has 0 bridgehead atoms. The number of para-hydroxylation sites is 1. The summed E-state index contributed by atoms with van der Waals surface area (Å²) >= 11 is 12.0. The Kier molecular flexibility index (Phi) is 8.49. The minimum absolute atomic E-state index is 0.207. The normalized spacial score (nSPS) is 12.3. The highest BCUT2D eigenvalue weighted by Crippen LogP contribution is 2.26. The minimum Gasteiger partial charge on any atom is -0.340 e. The Hall–Kier alpha value is -3.68. The van der Waals surface area contributed by atoms with Crippen molar-refractivity contribution in [1.29, 1.82) is 0 Å². The zero-order chi connectivity index (χ0) is 27.4. The molecule has 4 rings (SSSR count). The Labute approximate surface area is 230 Å². The van der Waals surface area contributed by atoms with E-state index in [1.807, 2.05) is 55.7 Å². The molecule has 196 valence electrons. The fourth-order valence-electron chi connectivity index (χ4n) is 4.25. The minimum atomic E-state index is -0.836. The van der Waals surface area contributed by atoms with E-state index < -0.39 is 17.9 Å². The summed E-state index contributed by atoms with van der Waals surface area (Å²) in [5.41, 5.74) is 6.02. The first-order valence-electron chi connectivity index (χ1n) is 12.1. The second-order valence-corrected chi connectivity index (χ2v) is 10.1. The van der Waals surface area contributed by atoms with Gasteiger partial charge < -0.3 is 9.88 Å². The SMILES string of the molecule is Cc1c(C=NNC(=O)C(NC(=O)c2ccc(Cl)c(Cl)c2)C(C)C)c2ccccc2n1Cc1ccccc1F. The predicted molar refractivity (Wildman–Crippen MR) is 150 cm³/mol. The molecule has 0 fully saturated rings. The predicted octanol–water partition coefficient (Wildman–Crippen LogP) is 6.35. The molecule has 4 aromatic rings. The number of nitrogens with one attached hydrogen (secondary N) is 2. The average molecular weight is 553 g/mol. The first-order chi connectivity index (χ1) is 18.2. The summed E-state index contributed by atoms with van der Waals surface area (Å²) in [6.45, 7) is 5.93. The number of rotatable bonds is 8. The summed E-state index contributed by atoms with van der Waals surface area (Å²) < 4.78 is 16.4. The maximum absolute atomic E-state index is 14.4. The topological polar surface area (TPSA) is 75.5 Å². The number of aromatic nitrogens is 1. The molecule has 0 saturated heterocycles. The highest BCUT2D eigenvalue weighted by molar-refractivity contribution is 6.42. The Morgan fingerprint density at radius 1 is 1.03 bits per heavy atom. The van der Waals surface area contributed by atoms with Gasteiger partial charge in [-0.2, -0.15) is 5.10 Å². The zero-order valence-corrected chi connectivity index (χ0v) is 22.6. The van der Waals surface area contributed by atoms with Gasteiger partial charge in [0.25, 0.3) is 11.8 Å². The van der Waals surface area contributed by atoms with Crippen LogP contribution in [0.25, 0.3) is 10.9 Å². The van der Waals surface area contributed by atoms with Crippen molar-refractivity contribution in [2.24, 2.45) is 11.0 Å². The van der Waals surface area contributed by atoms with Crippen molar-refractivity contribution in [3.8, 4) is 0 Å². The van der Waals surface area contributed by atoms with Gasteiger partial charge in [-0.05, 0) is 43.2 Å². The Balaban J connectivity index is 1.53. The van der Waals surface area contributed by atoms with Crippen molar-refractivity contribution in [1.82, 2.24) is 15.3 Å². The lowest BCUT2D eigenvalue weighted by molar-refractivity contribution is -0.123. The molecule has 0 aliphatic rings. The summed E-state index contributed by atoms with van der Waals surface area (Å²) in [5, 5.41) is 8.44. The van der Waals surface area contributed by atoms with E-state index in [4.69, 9.17) is 23.2 Å². The second-order valence-electron chi connectivity index (χ2n) is 9.25.